The second-order valence-corrected chi connectivity index (χ2v) is 1.31. The third-order valence-corrected chi connectivity index (χ3v) is 0.545. The average Bonchev–Trinajstić information content (AvgIpc) is 1.82. The first kappa shape index (κ1) is 8.41. The minimum absolute atomic E-state index is 0.366. The standard InChI is InChI=1S/C4H5FN2O3/c5-2(3(8)9)1-7-4(6)10/h1H,(H,8,9)(H3,6,7,10)/b2-1+. The molecule has 0 atom stereocenters. The number of aliphatic carboxylic acids is 1. The van der Waals surface area contributed by atoms with Crippen molar-refractivity contribution in [3.05, 3.63) is 12.0 Å². The molecule has 56 valence electrons. The van der Waals surface area contributed by atoms with Gasteiger partial charge in [0.2, 0.25) is 5.83 Å². The topological polar surface area (TPSA) is 92.4 Å². The van der Waals surface area contributed by atoms with Crippen molar-refractivity contribution >= 4 is 12.0 Å². The van der Waals surface area contributed by atoms with Gasteiger partial charge in [-0.15, -0.1) is 0 Å². The maximum atomic E-state index is 11.9. The lowest BCUT2D eigenvalue weighted by Gasteiger charge is -1.89. The first-order chi connectivity index (χ1) is 4.54. The molecule has 0 aromatic heterocycles. The van der Waals surface area contributed by atoms with Gasteiger partial charge in [0.15, 0.2) is 0 Å². The predicted molar refractivity (Wildman–Crippen MR) is 29.5 cm³/mol. The maximum absolute atomic E-state index is 11.9. The van der Waals surface area contributed by atoms with E-state index in [9.17, 15) is 14.0 Å². The van der Waals surface area contributed by atoms with E-state index in [1.807, 2.05) is 0 Å². The molecule has 5 nitrogen and oxygen atoms in total. The largest absolute Gasteiger partial charge is 0.476 e. The number of carbonyl (C=O) groups excluding carboxylic acids is 1. The predicted octanol–water partition coefficient (Wildman–Crippen LogP) is -0.450. The van der Waals surface area contributed by atoms with E-state index < -0.39 is 17.8 Å². The molecule has 0 rings (SSSR count). The highest BCUT2D eigenvalue weighted by molar-refractivity contribution is 5.84. The molecule has 0 unspecified atom stereocenters. The number of primary amides is 1. The lowest BCUT2D eigenvalue weighted by Crippen LogP contribution is -2.24. The normalized spacial score (nSPS) is 10.7. The van der Waals surface area contributed by atoms with Crippen molar-refractivity contribution in [2.24, 2.45) is 5.73 Å². The Balaban J connectivity index is 3.92. The van der Waals surface area contributed by atoms with Crippen molar-refractivity contribution in [3.63, 3.8) is 0 Å². The van der Waals surface area contributed by atoms with Crippen molar-refractivity contribution in [3.8, 4) is 0 Å². The van der Waals surface area contributed by atoms with Gasteiger partial charge in [0.05, 0.1) is 0 Å². The molecule has 0 aliphatic carbocycles. The van der Waals surface area contributed by atoms with Crippen LogP contribution < -0.4 is 11.1 Å². The van der Waals surface area contributed by atoms with Gasteiger partial charge in [0.25, 0.3) is 0 Å². The number of nitrogens with two attached hydrogens (primary N) is 1. The average molecular weight is 148 g/mol. The number of urea groups is 1. The van der Waals surface area contributed by atoms with Gasteiger partial charge in [-0.3, -0.25) is 0 Å². The summed E-state index contributed by atoms with van der Waals surface area (Å²) in [6.45, 7) is 0. The van der Waals surface area contributed by atoms with E-state index in [2.05, 4.69) is 5.73 Å². The number of rotatable bonds is 2. The molecular weight excluding hydrogens is 143 g/mol. The highest BCUT2D eigenvalue weighted by Gasteiger charge is 2.03. The summed E-state index contributed by atoms with van der Waals surface area (Å²) in [4.78, 5) is 19.5. The second-order valence-electron chi connectivity index (χ2n) is 1.31. The SMILES string of the molecule is NC(=O)N/C=C(/F)C(=O)O. The summed E-state index contributed by atoms with van der Waals surface area (Å²) >= 11 is 0. The summed E-state index contributed by atoms with van der Waals surface area (Å²) in [6.07, 6.45) is 0.366. The van der Waals surface area contributed by atoms with Crippen LogP contribution in [0.5, 0.6) is 0 Å². The quantitative estimate of drug-likeness (QED) is 0.463. The van der Waals surface area contributed by atoms with Crippen LogP contribution >= 0.6 is 0 Å². The van der Waals surface area contributed by atoms with E-state index in [4.69, 9.17) is 5.11 Å². The fraction of sp³-hybridized carbons (Fsp3) is 0. The fourth-order valence-corrected chi connectivity index (χ4v) is 0.196. The number of amides is 2. The molecule has 0 saturated heterocycles. The Bertz CT molecular complexity index is 189. The summed E-state index contributed by atoms with van der Waals surface area (Å²) in [5, 5.41) is 9.51. The number of hydrogen-bond acceptors (Lipinski definition) is 2. The van der Waals surface area contributed by atoms with Crippen molar-refractivity contribution in [1.29, 1.82) is 0 Å². The number of carboxylic acids is 1. The molecule has 6 heteroatoms. The lowest BCUT2D eigenvalue weighted by atomic mass is 10.6. The van der Waals surface area contributed by atoms with Gasteiger partial charge in [0, 0.05) is 6.20 Å². The molecule has 0 aromatic carbocycles. The Morgan fingerprint density at radius 1 is 1.60 bits per heavy atom. The smallest absolute Gasteiger partial charge is 0.366 e. The monoisotopic (exact) mass is 148 g/mol. The molecule has 0 radical (unpaired) electrons. The van der Waals surface area contributed by atoms with Crippen molar-refractivity contribution < 1.29 is 19.1 Å². The zero-order valence-electron chi connectivity index (χ0n) is 4.80. The first-order valence-corrected chi connectivity index (χ1v) is 2.19. The zero-order chi connectivity index (χ0) is 8.15. The molecule has 0 aliphatic rings. The molecule has 0 heterocycles. The van der Waals surface area contributed by atoms with Crippen LogP contribution in [0.1, 0.15) is 0 Å². The van der Waals surface area contributed by atoms with E-state index in [0.717, 1.165) is 0 Å². The van der Waals surface area contributed by atoms with Crippen molar-refractivity contribution in [2.75, 3.05) is 0 Å². The molecule has 10 heavy (non-hydrogen) atoms. The van der Waals surface area contributed by atoms with Crippen LogP contribution in [0.15, 0.2) is 12.0 Å². The summed E-state index contributed by atoms with van der Waals surface area (Å²) in [5.41, 5.74) is 4.49. The molecule has 0 bridgehead atoms. The lowest BCUT2D eigenvalue weighted by molar-refractivity contribution is -0.134. The summed E-state index contributed by atoms with van der Waals surface area (Å²) in [5.74, 6) is -3.23. The van der Waals surface area contributed by atoms with Gasteiger partial charge in [-0.05, 0) is 0 Å². The van der Waals surface area contributed by atoms with Crippen LogP contribution in [0.4, 0.5) is 9.18 Å². The Morgan fingerprint density at radius 2 is 2.10 bits per heavy atom. The molecule has 0 fully saturated rings. The van der Waals surface area contributed by atoms with E-state index in [1.54, 1.807) is 5.32 Å². The van der Waals surface area contributed by atoms with Crippen LogP contribution in [0.2, 0.25) is 0 Å². The number of carbonyl (C=O) groups is 2. The van der Waals surface area contributed by atoms with Crippen LogP contribution in [0.3, 0.4) is 0 Å². The number of halogens is 1. The molecule has 0 spiro atoms. The number of carboxylic acid groups (broad SMARTS) is 1. The van der Waals surface area contributed by atoms with Gasteiger partial charge in [-0.25, -0.2) is 9.59 Å². The Morgan fingerprint density at radius 3 is 2.40 bits per heavy atom. The van der Waals surface area contributed by atoms with E-state index in [0.29, 0.717) is 6.20 Å². The summed E-state index contributed by atoms with van der Waals surface area (Å²) < 4.78 is 11.9. The molecule has 0 saturated carbocycles. The van der Waals surface area contributed by atoms with Crippen molar-refractivity contribution in [1.82, 2.24) is 5.32 Å². The molecule has 2 amide bonds. The van der Waals surface area contributed by atoms with Crippen LogP contribution in [-0.2, 0) is 4.79 Å². The third-order valence-electron chi connectivity index (χ3n) is 0.545. The second kappa shape index (κ2) is 3.44. The minimum Gasteiger partial charge on any atom is -0.476 e. The van der Waals surface area contributed by atoms with E-state index >= 15 is 0 Å². The van der Waals surface area contributed by atoms with Crippen LogP contribution in [0, 0.1) is 0 Å². The first-order valence-electron chi connectivity index (χ1n) is 2.19. The van der Waals surface area contributed by atoms with Gasteiger partial charge in [-0.2, -0.15) is 4.39 Å². The Hall–Kier alpha value is -1.59. The van der Waals surface area contributed by atoms with Crippen LogP contribution in [-0.4, -0.2) is 17.1 Å². The Kier molecular flexibility index (Phi) is 2.89. The third kappa shape index (κ3) is 3.42. The number of nitrogens with one attached hydrogen (secondary N) is 1. The van der Waals surface area contributed by atoms with Crippen molar-refractivity contribution in [2.45, 2.75) is 0 Å². The highest BCUT2D eigenvalue weighted by Crippen LogP contribution is 1.91. The van der Waals surface area contributed by atoms with Gasteiger partial charge in [-0.1, -0.05) is 0 Å². The Labute approximate surface area is 55.3 Å². The fourth-order valence-electron chi connectivity index (χ4n) is 0.196. The maximum Gasteiger partial charge on any atom is 0.366 e. The minimum atomic E-state index is -1.76. The van der Waals surface area contributed by atoms with E-state index in [1.165, 1.54) is 0 Å². The van der Waals surface area contributed by atoms with Gasteiger partial charge < -0.3 is 16.2 Å². The molecule has 4 N–H and O–H groups in total. The van der Waals surface area contributed by atoms with E-state index in [-0.39, 0.29) is 0 Å². The number of hydrogen-bond donors (Lipinski definition) is 3. The molecule has 0 aromatic rings. The summed E-state index contributed by atoms with van der Waals surface area (Å²) in [7, 11) is 0. The van der Waals surface area contributed by atoms with Crippen LogP contribution in [0.25, 0.3) is 0 Å². The zero-order valence-corrected chi connectivity index (χ0v) is 4.80. The van der Waals surface area contributed by atoms with Gasteiger partial charge >= 0.3 is 12.0 Å². The molecule has 0 aliphatic heterocycles. The highest BCUT2D eigenvalue weighted by atomic mass is 19.1. The summed E-state index contributed by atoms with van der Waals surface area (Å²) in [6, 6.07) is -1.02. The van der Waals surface area contributed by atoms with Gasteiger partial charge in [0.1, 0.15) is 0 Å². The molecular formula is C4H5FN2O3.